The number of hydrogen-bond donors (Lipinski definition) is 1. The fourth-order valence-corrected chi connectivity index (χ4v) is 5.40. The van der Waals surface area contributed by atoms with Gasteiger partial charge in [-0.1, -0.05) is 25.7 Å². The van der Waals surface area contributed by atoms with Gasteiger partial charge in [0.05, 0.1) is 19.7 Å². The smallest absolute Gasteiger partial charge is 0.247 e. The molecule has 0 aromatic heterocycles. The molecule has 0 spiro atoms. The summed E-state index contributed by atoms with van der Waals surface area (Å²) < 4.78 is 34.6. The summed E-state index contributed by atoms with van der Waals surface area (Å²) in [6, 6.07) is 4.26. The van der Waals surface area contributed by atoms with Gasteiger partial charge in [0.2, 0.25) is 15.9 Å². The zero-order valence-electron chi connectivity index (χ0n) is 20.5. The summed E-state index contributed by atoms with van der Waals surface area (Å²) in [6.45, 7) is 6.07. The van der Waals surface area contributed by atoms with Crippen LogP contribution in [0.4, 0.5) is 0 Å². The van der Waals surface area contributed by atoms with E-state index in [9.17, 15) is 18.3 Å². The number of sulfonamides is 1. The van der Waals surface area contributed by atoms with E-state index in [0.717, 1.165) is 12.8 Å². The molecule has 0 saturated carbocycles. The number of hydrogen-bond acceptors (Lipinski definition) is 6. The predicted molar refractivity (Wildman–Crippen MR) is 128 cm³/mol. The maximum absolute atomic E-state index is 13.5. The Hall–Kier alpha value is -2.12. The third kappa shape index (κ3) is 6.93. The topological polar surface area (TPSA) is 90.4 Å². The Labute approximate surface area is 198 Å². The molecule has 0 radical (unpaired) electrons. The highest BCUT2D eigenvalue weighted by molar-refractivity contribution is 7.89. The average Bonchev–Trinajstić information content (AvgIpc) is 2.75. The van der Waals surface area contributed by atoms with Crippen molar-refractivity contribution in [3.63, 3.8) is 0 Å². The molecule has 1 aliphatic rings. The number of carbonyl (C=O) groups is 1. The van der Waals surface area contributed by atoms with Crippen molar-refractivity contribution in [2.45, 2.75) is 50.7 Å². The summed E-state index contributed by atoms with van der Waals surface area (Å²) in [4.78, 5) is 16.0. The van der Waals surface area contributed by atoms with E-state index in [4.69, 9.17) is 4.74 Å². The highest BCUT2D eigenvalue weighted by Gasteiger charge is 2.38. The van der Waals surface area contributed by atoms with Crippen molar-refractivity contribution in [1.82, 2.24) is 14.1 Å². The highest BCUT2D eigenvalue weighted by atomic mass is 32.2. The first-order chi connectivity index (χ1) is 15.5. The molecule has 0 bridgehead atoms. The fourth-order valence-electron chi connectivity index (χ4n) is 3.57. The Kier molecular flexibility index (Phi) is 9.73. The first-order valence-electron chi connectivity index (χ1n) is 11.3. The maximum atomic E-state index is 13.5. The molecule has 0 unspecified atom stereocenters. The summed E-state index contributed by atoms with van der Waals surface area (Å²) in [5.41, 5.74) is 0.670. The lowest BCUT2D eigenvalue weighted by Gasteiger charge is -2.37. The van der Waals surface area contributed by atoms with Gasteiger partial charge in [0.15, 0.2) is 0 Å². The number of nitrogens with zero attached hydrogens (tertiary/aromatic N) is 3. The lowest BCUT2D eigenvalue weighted by molar-refractivity contribution is -0.132. The number of likely N-dealkylation sites (N-methyl/N-ethyl adjacent to an activating group) is 2. The first kappa shape index (κ1) is 27.1. The Balaban J connectivity index is 2.50. The Morgan fingerprint density at radius 2 is 2.03 bits per heavy atom. The summed E-state index contributed by atoms with van der Waals surface area (Å²) >= 11 is 0. The van der Waals surface area contributed by atoms with E-state index in [1.807, 2.05) is 27.9 Å². The van der Waals surface area contributed by atoms with Crippen molar-refractivity contribution in [2.75, 3.05) is 47.4 Å². The molecule has 9 heteroatoms. The van der Waals surface area contributed by atoms with Gasteiger partial charge >= 0.3 is 0 Å². The van der Waals surface area contributed by atoms with Crippen LogP contribution in [0.25, 0.3) is 0 Å². The maximum Gasteiger partial charge on any atom is 0.247 e. The number of unbranched alkanes of at least 4 members (excludes halogenated alkanes) is 1. The van der Waals surface area contributed by atoms with Crippen LogP contribution in [0.3, 0.4) is 0 Å². The fraction of sp³-hybridized carbons (Fsp3) is 0.625. The van der Waals surface area contributed by atoms with Gasteiger partial charge in [-0.15, -0.1) is 0 Å². The Bertz CT molecular complexity index is 984. The van der Waals surface area contributed by atoms with Crippen molar-refractivity contribution in [3.05, 3.63) is 23.8 Å². The van der Waals surface area contributed by atoms with Gasteiger partial charge in [-0.3, -0.25) is 4.79 Å². The second-order valence-corrected chi connectivity index (χ2v) is 10.8. The molecule has 0 aliphatic carbocycles. The van der Waals surface area contributed by atoms with Crippen molar-refractivity contribution in [2.24, 2.45) is 5.92 Å². The van der Waals surface area contributed by atoms with Gasteiger partial charge in [-0.2, -0.15) is 4.31 Å². The Morgan fingerprint density at radius 1 is 1.33 bits per heavy atom. The van der Waals surface area contributed by atoms with E-state index >= 15 is 0 Å². The number of fused-ring (bicyclic) bond motifs is 1. The minimum absolute atomic E-state index is 0.0445. The summed E-state index contributed by atoms with van der Waals surface area (Å²) in [5, 5.41) is 9.74. The van der Waals surface area contributed by atoms with E-state index in [1.54, 1.807) is 35.9 Å². The molecule has 0 fully saturated rings. The van der Waals surface area contributed by atoms with Crippen molar-refractivity contribution in [3.8, 4) is 17.6 Å². The molecule has 8 nitrogen and oxygen atoms in total. The van der Waals surface area contributed by atoms with Crippen LogP contribution < -0.4 is 4.74 Å². The lowest BCUT2D eigenvalue weighted by Crippen LogP contribution is -2.50. The van der Waals surface area contributed by atoms with Crippen LogP contribution in [-0.2, 0) is 14.8 Å². The summed E-state index contributed by atoms with van der Waals surface area (Å²) in [6.07, 6.45) is 1.24. The summed E-state index contributed by atoms with van der Waals surface area (Å²) in [7, 11) is 1.48. The third-order valence-corrected chi connectivity index (χ3v) is 7.63. The molecular formula is C24H37N3O5S. The van der Waals surface area contributed by atoms with Crippen molar-refractivity contribution >= 4 is 15.9 Å². The molecule has 1 heterocycles. The van der Waals surface area contributed by atoms with E-state index in [-0.39, 0.29) is 42.2 Å². The number of carbonyl (C=O) groups excluding carboxylic acids is 1. The van der Waals surface area contributed by atoms with E-state index < -0.39 is 22.2 Å². The van der Waals surface area contributed by atoms with E-state index in [2.05, 4.69) is 11.8 Å². The lowest BCUT2D eigenvalue weighted by atomic mass is 10.0. The normalized spacial score (nSPS) is 21.1. The second-order valence-electron chi connectivity index (χ2n) is 8.97. The van der Waals surface area contributed by atoms with Gasteiger partial charge in [-0.25, -0.2) is 8.42 Å². The molecule has 1 aliphatic heterocycles. The standard InChI is InChI=1S/C24H37N3O5S/c1-7-8-9-10-20-11-12-23-21(13-20)32-22(15-26(6)24(29)16-25(4)5)18(2)14-27(19(3)17-28)33(23,30)31/h11-13,18-19,22,28H,7-8,14-17H2,1-6H3/t18-,19+,22+/m0/s1. The van der Waals surface area contributed by atoms with Gasteiger partial charge in [0.25, 0.3) is 0 Å². The zero-order valence-corrected chi connectivity index (χ0v) is 21.4. The number of aliphatic hydroxyl groups excluding tert-OH is 1. The molecule has 1 amide bonds. The van der Waals surface area contributed by atoms with Gasteiger partial charge in [-0.05, 0) is 45.6 Å². The molecule has 0 saturated heterocycles. The molecule has 1 aromatic carbocycles. The molecule has 3 atom stereocenters. The number of ether oxygens (including phenoxy) is 1. The third-order valence-electron chi connectivity index (χ3n) is 5.61. The average molecular weight is 480 g/mol. The van der Waals surface area contributed by atoms with Crippen molar-refractivity contribution < 1.29 is 23.1 Å². The van der Waals surface area contributed by atoms with Crippen LogP contribution in [-0.4, -0.2) is 93.1 Å². The molecule has 1 N–H and O–H groups in total. The summed E-state index contributed by atoms with van der Waals surface area (Å²) in [5.74, 6) is 6.07. The Morgan fingerprint density at radius 3 is 2.64 bits per heavy atom. The van der Waals surface area contributed by atoms with E-state index in [1.165, 1.54) is 10.4 Å². The zero-order chi connectivity index (χ0) is 24.8. The molecule has 2 rings (SSSR count). The predicted octanol–water partition coefficient (Wildman–Crippen LogP) is 1.63. The number of aliphatic hydroxyl groups is 1. The van der Waals surface area contributed by atoms with Crippen LogP contribution in [0, 0.1) is 17.8 Å². The monoisotopic (exact) mass is 479 g/mol. The van der Waals surface area contributed by atoms with Crippen molar-refractivity contribution in [1.29, 1.82) is 0 Å². The largest absolute Gasteiger partial charge is 0.487 e. The number of rotatable bonds is 7. The van der Waals surface area contributed by atoms with Crippen LogP contribution in [0.2, 0.25) is 0 Å². The molecule has 184 valence electrons. The quantitative estimate of drug-likeness (QED) is 0.598. The molecule has 1 aromatic rings. The second kappa shape index (κ2) is 11.8. The minimum atomic E-state index is -3.90. The van der Waals surface area contributed by atoms with Crippen LogP contribution in [0.1, 0.15) is 39.2 Å². The molecule has 33 heavy (non-hydrogen) atoms. The van der Waals surface area contributed by atoms with Gasteiger partial charge < -0.3 is 19.6 Å². The number of amides is 1. The van der Waals surface area contributed by atoms with Crippen LogP contribution >= 0.6 is 0 Å². The van der Waals surface area contributed by atoms with Gasteiger partial charge in [0, 0.05) is 37.5 Å². The van der Waals surface area contributed by atoms with Crippen LogP contribution in [0.15, 0.2) is 23.1 Å². The minimum Gasteiger partial charge on any atom is -0.487 e. The van der Waals surface area contributed by atoms with Gasteiger partial charge in [0.1, 0.15) is 16.7 Å². The van der Waals surface area contributed by atoms with E-state index in [0.29, 0.717) is 12.1 Å². The first-order valence-corrected chi connectivity index (χ1v) is 12.8. The highest BCUT2D eigenvalue weighted by Crippen LogP contribution is 2.34. The molecular weight excluding hydrogens is 442 g/mol. The van der Waals surface area contributed by atoms with Crippen LogP contribution in [0.5, 0.6) is 5.75 Å². The number of benzene rings is 1. The SMILES string of the molecule is CCCC#Cc1ccc2c(c1)O[C@H](CN(C)C(=O)CN(C)C)[C@@H](C)CN([C@H](C)CO)S2(=O)=O.